The van der Waals surface area contributed by atoms with Crippen LogP contribution in [0.1, 0.15) is 0 Å². The van der Waals surface area contributed by atoms with Gasteiger partial charge >= 0.3 is 11.8 Å². The zero-order valence-electron chi connectivity index (χ0n) is 12.7. The largest absolute Gasteiger partial charge is 0.347 e. The predicted octanol–water partition coefficient (Wildman–Crippen LogP) is 0.256. The van der Waals surface area contributed by atoms with Gasteiger partial charge in [-0.05, 0) is 12.1 Å². The van der Waals surface area contributed by atoms with Crippen LogP contribution in [-0.4, -0.2) is 61.0 Å². The van der Waals surface area contributed by atoms with Crippen LogP contribution in [0.4, 0.5) is 5.13 Å². The minimum absolute atomic E-state index is 0.438. The summed E-state index contributed by atoms with van der Waals surface area (Å²) in [4.78, 5) is 30.3. The summed E-state index contributed by atoms with van der Waals surface area (Å²) in [6, 6.07) is 7.59. The van der Waals surface area contributed by atoms with Crippen molar-refractivity contribution in [2.45, 2.75) is 0 Å². The lowest BCUT2D eigenvalue weighted by Gasteiger charge is -2.26. The second-order valence-electron chi connectivity index (χ2n) is 5.29. The number of aromatic nitrogens is 1. The van der Waals surface area contributed by atoms with E-state index < -0.39 is 11.8 Å². The molecule has 1 saturated heterocycles. The number of carbonyl (C=O) groups is 2. The molecule has 122 valence electrons. The normalized spacial score (nSPS) is 15.5. The Labute approximate surface area is 138 Å². The zero-order valence-corrected chi connectivity index (χ0v) is 13.5. The lowest BCUT2D eigenvalue weighted by molar-refractivity contribution is -0.136. The van der Waals surface area contributed by atoms with E-state index in [-0.39, 0.29) is 0 Å². The van der Waals surface area contributed by atoms with Crippen LogP contribution in [0.3, 0.4) is 0 Å². The molecular weight excluding hydrogens is 314 g/mol. The van der Waals surface area contributed by atoms with Crippen LogP contribution in [0, 0.1) is 0 Å². The minimum atomic E-state index is -0.677. The SMILES string of the molecule is O=C(NCCN1CCNCC1)C(=O)Nc1nc2ccccc2s1. The molecule has 0 spiro atoms. The number of fused-ring (bicyclic) bond motifs is 1. The molecule has 0 aliphatic carbocycles. The smallest absolute Gasteiger partial charge is 0.315 e. The van der Waals surface area contributed by atoms with E-state index in [0.717, 1.165) is 42.9 Å². The summed E-state index contributed by atoms with van der Waals surface area (Å²) in [5.41, 5.74) is 0.812. The number of piperazine rings is 1. The molecule has 8 heteroatoms. The quantitative estimate of drug-likeness (QED) is 0.699. The lowest BCUT2D eigenvalue weighted by atomic mass is 10.3. The fraction of sp³-hybridized carbons (Fsp3) is 0.400. The van der Waals surface area contributed by atoms with Crippen molar-refractivity contribution in [1.29, 1.82) is 0 Å². The molecule has 1 aromatic heterocycles. The van der Waals surface area contributed by atoms with E-state index in [0.29, 0.717) is 11.7 Å². The van der Waals surface area contributed by atoms with Crippen molar-refractivity contribution in [3.63, 3.8) is 0 Å². The Hall–Kier alpha value is -2.03. The molecule has 0 bridgehead atoms. The first-order valence-corrected chi connectivity index (χ1v) is 8.42. The van der Waals surface area contributed by atoms with Crippen molar-refractivity contribution < 1.29 is 9.59 Å². The number of thiazole rings is 1. The van der Waals surface area contributed by atoms with Crippen molar-refractivity contribution >= 4 is 38.5 Å². The number of hydrogen-bond acceptors (Lipinski definition) is 6. The van der Waals surface area contributed by atoms with Gasteiger partial charge in [0.05, 0.1) is 10.2 Å². The molecular formula is C15H19N5O2S. The van der Waals surface area contributed by atoms with Crippen LogP contribution in [0.25, 0.3) is 10.2 Å². The number of anilines is 1. The first-order chi connectivity index (χ1) is 11.2. The van der Waals surface area contributed by atoms with Gasteiger partial charge in [0, 0.05) is 39.3 Å². The maximum Gasteiger partial charge on any atom is 0.315 e. The number of hydrogen-bond donors (Lipinski definition) is 3. The monoisotopic (exact) mass is 333 g/mol. The number of benzene rings is 1. The maximum atomic E-state index is 11.9. The van der Waals surface area contributed by atoms with Crippen LogP contribution < -0.4 is 16.0 Å². The maximum absolute atomic E-state index is 11.9. The Balaban J connectivity index is 1.46. The molecule has 0 saturated carbocycles. The van der Waals surface area contributed by atoms with Crippen LogP contribution >= 0.6 is 11.3 Å². The first-order valence-electron chi connectivity index (χ1n) is 7.60. The zero-order chi connectivity index (χ0) is 16.1. The Kier molecular flexibility index (Phi) is 5.16. The molecule has 23 heavy (non-hydrogen) atoms. The van der Waals surface area contributed by atoms with E-state index in [1.165, 1.54) is 11.3 Å². The summed E-state index contributed by atoms with van der Waals surface area (Å²) >= 11 is 1.35. The van der Waals surface area contributed by atoms with Crippen LogP contribution in [0.15, 0.2) is 24.3 Å². The third-order valence-corrected chi connectivity index (χ3v) is 4.60. The van der Waals surface area contributed by atoms with Crippen LogP contribution in [0.5, 0.6) is 0 Å². The van der Waals surface area contributed by atoms with E-state index >= 15 is 0 Å². The number of para-hydroxylation sites is 1. The van der Waals surface area contributed by atoms with Gasteiger partial charge in [-0.25, -0.2) is 4.98 Å². The summed E-state index contributed by atoms with van der Waals surface area (Å²) < 4.78 is 0.974. The molecule has 1 aliphatic rings. The summed E-state index contributed by atoms with van der Waals surface area (Å²) in [7, 11) is 0. The Morgan fingerprint density at radius 2 is 2.00 bits per heavy atom. The summed E-state index contributed by atoms with van der Waals surface area (Å²) in [6.07, 6.45) is 0. The standard InChI is InChI=1S/C15H19N5O2S/c21-13(17-7-10-20-8-5-16-6-9-20)14(22)19-15-18-11-3-1-2-4-12(11)23-15/h1-4,16H,5-10H2,(H,17,21)(H,18,19,22). The number of carbonyl (C=O) groups excluding carboxylic acids is 2. The van der Waals surface area contributed by atoms with Crippen molar-refractivity contribution in [3.05, 3.63) is 24.3 Å². The Morgan fingerprint density at radius 1 is 1.22 bits per heavy atom. The van der Waals surface area contributed by atoms with Gasteiger partial charge in [-0.3, -0.25) is 19.8 Å². The van der Waals surface area contributed by atoms with Crippen molar-refractivity contribution in [2.24, 2.45) is 0 Å². The van der Waals surface area contributed by atoms with E-state index in [2.05, 4.69) is 25.8 Å². The highest BCUT2D eigenvalue weighted by molar-refractivity contribution is 7.22. The molecule has 1 fully saturated rings. The molecule has 2 aromatic rings. The Bertz CT molecular complexity index is 663. The second-order valence-corrected chi connectivity index (χ2v) is 6.32. The molecule has 1 aliphatic heterocycles. The van der Waals surface area contributed by atoms with E-state index in [9.17, 15) is 9.59 Å². The fourth-order valence-electron chi connectivity index (χ4n) is 2.42. The van der Waals surface area contributed by atoms with Crippen molar-refractivity contribution in [2.75, 3.05) is 44.6 Å². The number of amides is 2. The highest BCUT2D eigenvalue weighted by atomic mass is 32.1. The van der Waals surface area contributed by atoms with Gasteiger partial charge in [-0.1, -0.05) is 23.5 Å². The lowest BCUT2D eigenvalue weighted by Crippen LogP contribution is -2.47. The van der Waals surface area contributed by atoms with E-state index in [1.807, 2.05) is 24.3 Å². The van der Waals surface area contributed by atoms with E-state index in [1.54, 1.807) is 0 Å². The molecule has 0 atom stereocenters. The summed E-state index contributed by atoms with van der Waals surface area (Å²) in [5.74, 6) is -1.30. The molecule has 1 aromatic carbocycles. The van der Waals surface area contributed by atoms with Gasteiger partial charge in [-0.2, -0.15) is 0 Å². The summed E-state index contributed by atoms with van der Waals surface area (Å²) in [6.45, 7) is 5.08. The second kappa shape index (κ2) is 7.49. The van der Waals surface area contributed by atoms with Gasteiger partial charge in [-0.15, -0.1) is 0 Å². The van der Waals surface area contributed by atoms with Crippen LogP contribution in [-0.2, 0) is 9.59 Å². The molecule has 2 heterocycles. The summed E-state index contributed by atoms with van der Waals surface area (Å²) in [5, 5.41) is 8.91. The van der Waals surface area contributed by atoms with Gasteiger partial charge in [0.2, 0.25) is 0 Å². The van der Waals surface area contributed by atoms with Gasteiger partial charge in [0.1, 0.15) is 0 Å². The van der Waals surface area contributed by atoms with Gasteiger partial charge in [0.15, 0.2) is 5.13 Å². The van der Waals surface area contributed by atoms with Crippen molar-refractivity contribution in [1.82, 2.24) is 20.5 Å². The molecule has 0 radical (unpaired) electrons. The number of nitrogens with one attached hydrogen (secondary N) is 3. The highest BCUT2D eigenvalue weighted by Gasteiger charge is 2.16. The fourth-order valence-corrected chi connectivity index (χ4v) is 3.28. The third-order valence-electron chi connectivity index (χ3n) is 3.64. The average Bonchev–Trinajstić information content (AvgIpc) is 2.98. The number of rotatable bonds is 4. The van der Waals surface area contributed by atoms with Crippen molar-refractivity contribution in [3.8, 4) is 0 Å². The highest BCUT2D eigenvalue weighted by Crippen LogP contribution is 2.25. The van der Waals surface area contributed by atoms with E-state index in [4.69, 9.17) is 0 Å². The molecule has 7 nitrogen and oxygen atoms in total. The van der Waals surface area contributed by atoms with Crippen LogP contribution in [0.2, 0.25) is 0 Å². The predicted molar refractivity (Wildman–Crippen MR) is 90.6 cm³/mol. The Morgan fingerprint density at radius 3 is 2.78 bits per heavy atom. The minimum Gasteiger partial charge on any atom is -0.347 e. The first kappa shape index (κ1) is 15.9. The molecule has 3 rings (SSSR count). The molecule has 3 N–H and O–H groups in total. The molecule has 2 amide bonds. The molecule has 0 unspecified atom stereocenters. The van der Waals surface area contributed by atoms with Gasteiger partial charge < -0.3 is 10.6 Å². The number of nitrogens with zero attached hydrogens (tertiary/aromatic N) is 2. The third kappa shape index (κ3) is 4.25. The van der Waals surface area contributed by atoms with Gasteiger partial charge in [0.25, 0.3) is 0 Å². The topological polar surface area (TPSA) is 86.4 Å². The average molecular weight is 333 g/mol.